The fourth-order valence-corrected chi connectivity index (χ4v) is 2.79. The van der Waals surface area contributed by atoms with Crippen LogP contribution in [0.4, 0.5) is 5.82 Å². The summed E-state index contributed by atoms with van der Waals surface area (Å²) in [6.45, 7) is 3.94. The van der Waals surface area contributed by atoms with Crippen molar-refractivity contribution in [2.24, 2.45) is 0 Å². The van der Waals surface area contributed by atoms with Crippen LogP contribution in [-0.2, 0) is 4.79 Å². The van der Waals surface area contributed by atoms with Crippen LogP contribution in [0.15, 0.2) is 40.9 Å². The molecule has 0 bridgehead atoms. The van der Waals surface area contributed by atoms with Gasteiger partial charge < -0.3 is 9.84 Å². The van der Waals surface area contributed by atoms with Crippen LogP contribution in [0.25, 0.3) is 0 Å². The van der Waals surface area contributed by atoms with Gasteiger partial charge in [-0.25, -0.2) is 0 Å². The van der Waals surface area contributed by atoms with Crippen molar-refractivity contribution in [1.82, 2.24) is 5.16 Å². The third kappa shape index (κ3) is 4.42. The van der Waals surface area contributed by atoms with Crippen molar-refractivity contribution in [3.63, 3.8) is 0 Å². The first kappa shape index (κ1) is 14.7. The van der Waals surface area contributed by atoms with Gasteiger partial charge in [-0.3, -0.25) is 4.79 Å². The minimum Gasteiger partial charge on any atom is -0.360 e. The molecule has 0 aliphatic carbocycles. The molecule has 1 aromatic carbocycles. The van der Waals surface area contributed by atoms with Crippen LogP contribution >= 0.6 is 11.8 Å². The lowest BCUT2D eigenvalue weighted by molar-refractivity contribution is -0.115. The van der Waals surface area contributed by atoms with Gasteiger partial charge in [0.15, 0.2) is 5.82 Å². The number of nitrogens with one attached hydrogen (secondary N) is 1. The van der Waals surface area contributed by atoms with Gasteiger partial charge in [0.2, 0.25) is 5.91 Å². The van der Waals surface area contributed by atoms with Crippen LogP contribution in [0.1, 0.15) is 29.9 Å². The zero-order chi connectivity index (χ0) is 14.4. The highest BCUT2D eigenvalue weighted by Crippen LogP contribution is 2.28. The summed E-state index contributed by atoms with van der Waals surface area (Å²) in [6, 6.07) is 12.0. The number of nitrogens with zero attached hydrogens (tertiary/aromatic N) is 1. The standard InChI is InChI=1S/C15H18N2O2S/c1-11-10-14(17-19-11)16-15(18)8-9-20-12(2)13-6-4-3-5-7-13/h3-7,10,12H,8-9H2,1-2H3,(H,16,17,18)/t12-/m1/s1. The molecule has 0 aliphatic heterocycles. The zero-order valence-electron chi connectivity index (χ0n) is 11.6. The molecule has 0 aliphatic rings. The number of aryl methyl sites for hydroxylation is 1. The van der Waals surface area contributed by atoms with Gasteiger partial charge >= 0.3 is 0 Å². The van der Waals surface area contributed by atoms with Crippen molar-refractivity contribution in [2.45, 2.75) is 25.5 Å². The third-order valence-corrected chi connectivity index (χ3v) is 4.07. The number of rotatable bonds is 6. The van der Waals surface area contributed by atoms with Gasteiger partial charge in [-0.05, 0) is 19.4 Å². The van der Waals surface area contributed by atoms with Gasteiger partial charge in [0.25, 0.3) is 0 Å². The van der Waals surface area contributed by atoms with Crippen molar-refractivity contribution >= 4 is 23.5 Å². The minimum atomic E-state index is -0.0361. The number of benzene rings is 1. The zero-order valence-corrected chi connectivity index (χ0v) is 12.4. The Morgan fingerprint density at radius 1 is 1.40 bits per heavy atom. The number of carbonyl (C=O) groups excluding carboxylic acids is 1. The molecule has 4 nitrogen and oxygen atoms in total. The summed E-state index contributed by atoms with van der Waals surface area (Å²) in [5.74, 6) is 1.91. The second kappa shape index (κ2) is 7.14. The Labute approximate surface area is 122 Å². The van der Waals surface area contributed by atoms with E-state index >= 15 is 0 Å². The Morgan fingerprint density at radius 2 is 2.15 bits per heavy atom. The summed E-state index contributed by atoms with van der Waals surface area (Å²) < 4.78 is 4.90. The smallest absolute Gasteiger partial charge is 0.226 e. The van der Waals surface area contributed by atoms with Gasteiger partial charge in [-0.15, -0.1) is 0 Å². The highest BCUT2D eigenvalue weighted by Gasteiger charge is 2.09. The average Bonchev–Trinajstić information content (AvgIpc) is 2.85. The fraction of sp³-hybridized carbons (Fsp3) is 0.333. The van der Waals surface area contributed by atoms with E-state index in [4.69, 9.17) is 4.52 Å². The highest BCUT2D eigenvalue weighted by molar-refractivity contribution is 7.99. The second-order valence-corrected chi connectivity index (χ2v) is 5.99. The summed E-state index contributed by atoms with van der Waals surface area (Å²) in [5, 5.41) is 6.84. The summed E-state index contributed by atoms with van der Waals surface area (Å²) in [7, 11) is 0. The number of anilines is 1. The molecule has 1 heterocycles. The fourth-order valence-electron chi connectivity index (χ4n) is 1.78. The van der Waals surface area contributed by atoms with Crippen molar-refractivity contribution in [3.05, 3.63) is 47.7 Å². The quantitative estimate of drug-likeness (QED) is 0.879. The van der Waals surface area contributed by atoms with E-state index in [1.54, 1.807) is 24.8 Å². The molecule has 1 N–H and O–H groups in total. The molecule has 0 spiro atoms. The SMILES string of the molecule is Cc1cc(NC(=O)CCS[C@H](C)c2ccccc2)no1. The van der Waals surface area contributed by atoms with Gasteiger partial charge in [0, 0.05) is 23.5 Å². The first-order chi connectivity index (χ1) is 9.65. The first-order valence-corrected chi connectivity index (χ1v) is 7.60. The Kier molecular flexibility index (Phi) is 5.24. The van der Waals surface area contributed by atoms with Gasteiger partial charge in [0.1, 0.15) is 5.76 Å². The Morgan fingerprint density at radius 3 is 2.80 bits per heavy atom. The molecule has 0 saturated carbocycles. The van der Waals surface area contributed by atoms with Crippen molar-refractivity contribution in [3.8, 4) is 0 Å². The highest BCUT2D eigenvalue weighted by atomic mass is 32.2. The summed E-state index contributed by atoms with van der Waals surface area (Å²) in [5.41, 5.74) is 1.28. The molecule has 2 aromatic rings. The van der Waals surface area contributed by atoms with Crippen LogP contribution < -0.4 is 5.32 Å². The number of thioether (sulfide) groups is 1. The minimum absolute atomic E-state index is 0.0361. The molecule has 1 atom stereocenters. The largest absolute Gasteiger partial charge is 0.360 e. The monoisotopic (exact) mass is 290 g/mol. The predicted molar refractivity (Wildman–Crippen MR) is 81.8 cm³/mol. The Bertz CT molecular complexity index is 554. The van der Waals surface area contributed by atoms with Crippen LogP contribution in [0.2, 0.25) is 0 Å². The molecule has 2 rings (SSSR count). The summed E-state index contributed by atoms with van der Waals surface area (Å²) in [4.78, 5) is 11.7. The van der Waals surface area contributed by atoms with Crippen LogP contribution in [0, 0.1) is 6.92 Å². The van der Waals surface area contributed by atoms with Crippen molar-refractivity contribution in [2.75, 3.05) is 11.1 Å². The second-order valence-electron chi connectivity index (χ2n) is 4.54. The van der Waals surface area contributed by atoms with Crippen LogP contribution in [0.5, 0.6) is 0 Å². The maximum absolute atomic E-state index is 11.7. The number of amides is 1. The van der Waals surface area contributed by atoms with Crippen LogP contribution in [-0.4, -0.2) is 16.8 Å². The average molecular weight is 290 g/mol. The van der Waals surface area contributed by atoms with Gasteiger partial charge in [-0.2, -0.15) is 11.8 Å². The number of hydrogen-bond acceptors (Lipinski definition) is 4. The van der Waals surface area contributed by atoms with E-state index in [1.807, 2.05) is 18.2 Å². The van der Waals surface area contributed by atoms with E-state index in [0.29, 0.717) is 23.2 Å². The molecular formula is C15H18N2O2S. The topological polar surface area (TPSA) is 55.1 Å². The summed E-state index contributed by atoms with van der Waals surface area (Å²) in [6.07, 6.45) is 0.466. The van der Waals surface area contributed by atoms with Gasteiger partial charge in [-0.1, -0.05) is 35.5 Å². The normalized spacial score (nSPS) is 12.1. The van der Waals surface area contributed by atoms with Crippen LogP contribution in [0.3, 0.4) is 0 Å². The van der Waals surface area contributed by atoms with Crippen molar-refractivity contribution < 1.29 is 9.32 Å². The third-order valence-electron chi connectivity index (χ3n) is 2.86. The van der Waals surface area contributed by atoms with E-state index in [9.17, 15) is 4.79 Å². The maximum atomic E-state index is 11.7. The molecule has 1 amide bonds. The molecular weight excluding hydrogens is 272 g/mol. The van der Waals surface area contributed by atoms with Crippen molar-refractivity contribution in [1.29, 1.82) is 0 Å². The molecule has 0 saturated heterocycles. The number of carbonyl (C=O) groups is 1. The molecule has 20 heavy (non-hydrogen) atoms. The molecule has 106 valence electrons. The Balaban J connectivity index is 1.71. The van der Waals surface area contributed by atoms with E-state index in [0.717, 1.165) is 5.75 Å². The molecule has 0 fully saturated rings. The lowest BCUT2D eigenvalue weighted by atomic mass is 10.2. The number of hydrogen-bond donors (Lipinski definition) is 1. The van der Waals surface area contributed by atoms with E-state index in [-0.39, 0.29) is 5.91 Å². The molecule has 0 radical (unpaired) electrons. The lowest BCUT2D eigenvalue weighted by Crippen LogP contribution is -2.12. The molecule has 1 aromatic heterocycles. The first-order valence-electron chi connectivity index (χ1n) is 6.55. The number of aromatic nitrogens is 1. The van der Waals surface area contributed by atoms with E-state index in [1.165, 1.54) is 5.56 Å². The van der Waals surface area contributed by atoms with Gasteiger partial charge in [0.05, 0.1) is 0 Å². The van der Waals surface area contributed by atoms with E-state index < -0.39 is 0 Å². The molecule has 5 heteroatoms. The maximum Gasteiger partial charge on any atom is 0.226 e. The Hall–Kier alpha value is -1.75. The predicted octanol–water partition coefficient (Wildman–Crippen LogP) is 3.81. The summed E-state index contributed by atoms with van der Waals surface area (Å²) >= 11 is 1.77. The molecule has 0 unspecified atom stereocenters. The van der Waals surface area contributed by atoms with E-state index in [2.05, 4.69) is 29.5 Å². The lowest BCUT2D eigenvalue weighted by Gasteiger charge is -2.10.